The number of aromatic nitrogens is 6. The molecule has 0 fully saturated rings. The van der Waals surface area contributed by atoms with Crippen LogP contribution in [0, 0.1) is 0 Å². The molecule has 0 saturated heterocycles. The normalized spacial score (nSPS) is 11.2. The topological polar surface area (TPSA) is 87.4 Å². The molecule has 23 heavy (non-hydrogen) atoms. The van der Waals surface area contributed by atoms with E-state index in [-0.39, 0.29) is 0 Å². The Kier molecular flexibility index (Phi) is 4.97. The molecule has 122 valence electrons. The second-order valence-electron chi connectivity index (χ2n) is 5.21. The van der Waals surface area contributed by atoms with E-state index < -0.39 is 0 Å². The van der Waals surface area contributed by atoms with E-state index >= 15 is 0 Å². The van der Waals surface area contributed by atoms with Gasteiger partial charge in [0.05, 0.1) is 11.9 Å². The minimum Gasteiger partial charge on any atom is -0.336 e. The zero-order chi connectivity index (χ0) is 16.2. The van der Waals surface area contributed by atoms with Gasteiger partial charge < -0.3 is 5.84 Å². The molecule has 0 unspecified atom stereocenters. The maximum absolute atomic E-state index is 6.05. The predicted molar refractivity (Wildman–Crippen MR) is 92.7 cm³/mol. The van der Waals surface area contributed by atoms with E-state index in [1.807, 2.05) is 19.4 Å². The van der Waals surface area contributed by atoms with Gasteiger partial charge in [0.25, 0.3) is 0 Å². The van der Waals surface area contributed by atoms with E-state index in [1.54, 1.807) is 32.5 Å². The molecule has 0 bridgehead atoms. The summed E-state index contributed by atoms with van der Waals surface area (Å²) in [6.45, 7) is 2.15. The van der Waals surface area contributed by atoms with E-state index in [1.165, 1.54) is 0 Å². The number of hydrogen-bond acceptors (Lipinski definition) is 7. The summed E-state index contributed by atoms with van der Waals surface area (Å²) in [5, 5.41) is 16.3. The summed E-state index contributed by atoms with van der Waals surface area (Å²) in [7, 11) is 1.90. The molecule has 0 aliphatic heterocycles. The predicted octanol–water partition coefficient (Wildman–Crippen LogP) is 2.48. The van der Waals surface area contributed by atoms with Gasteiger partial charge in [-0.25, -0.2) is 9.66 Å². The van der Waals surface area contributed by atoms with Crippen LogP contribution in [0.5, 0.6) is 0 Å². The van der Waals surface area contributed by atoms with E-state index in [9.17, 15) is 0 Å². The van der Waals surface area contributed by atoms with Gasteiger partial charge in [-0.3, -0.25) is 4.68 Å². The number of unbranched alkanes of at least 4 members (excludes halogenated alkanes) is 1. The molecule has 2 N–H and O–H groups in total. The Labute approximate surface area is 142 Å². The SMILES string of the molecule is CCCCc1nnc(SCc2csc(-c3cnn(C)c3)n2)n1N. The minimum atomic E-state index is 0.722. The van der Waals surface area contributed by atoms with Gasteiger partial charge in [-0.05, 0) is 6.42 Å². The van der Waals surface area contributed by atoms with Crippen LogP contribution in [0.2, 0.25) is 0 Å². The average Bonchev–Trinajstić information content (AvgIpc) is 3.24. The van der Waals surface area contributed by atoms with Crippen LogP contribution in [-0.4, -0.2) is 29.6 Å². The summed E-state index contributed by atoms with van der Waals surface area (Å²) >= 11 is 3.18. The number of rotatable bonds is 7. The summed E-state index contributed by atoms with van der Waals surface area (Å²) in [6.07, 6.45) is 6.84. The van der Waals surface area contributed by atoms with Crippen LogP contribution in [0.15, 0.2) is 22.9 Å². The molecular weight excluding hydrogens is 330 g/mol. The van der Waals surface area contributed by atoms with Crippen LogP contribution in [-0.2, 0) is 19.2 Å². The van der Waals surface area contributed by atoms with Gasteiger partial charge >= 0.3 is 0 Å². The average molecular weight is 349 g/mol. The van der Waals surface area contributed by atoms with Crippen molar-refractivity contribution in [2.45, 2.75) is 37.1 Å². The van der Waals surface area contributed by atoms with Crippen molar-refractivity contribution in [3.8, 4) is 10.6 Å². The Morgan fingerprint density at radius 2 is 2.22 bits per heavy atom. The number of thioether (sulfide) groups is 1. The molecule has 0 aliphatic rings. The molecule has 0 radical (unpaired) electrons. The lowest BCUT2D eigenvalue weighted by Crippen LogP contribution is -2.14. The summed E-state index contributed by atoms with van der Waals surface area (Å²) in [6, 6.07) is 0. The largest absolute Gasteiger partial charge is 0.336 e. The maximum Gasteiger partial charge on any atom is 0.210 e. The van der Waals surface area contributed by atoms with Crippen molar-refractivity contribution in [2.75, 3.05) is 5.84 Å². The highest BCUT2D eigenvalue weighted by Crippen LogP contribution is 2.26. The molecule has 9 heteroatoms. The fourth-order valence-electron chi connectivity index (χ4n) is 2.09. The van der Waals surface area contributed by atoms with Gasteiger partial charge in [-0.1, -0.05) is 25.1 Å². The number of nitrogens with two attached hydrogens (primary N) is 1. The molecule has 3 heterocycles. The molecule has 0 aliphatic carbocycles. The first-order valence-electron chi connectivity index (χ1n) is 7.43. The summed E-state index contributed by atoms with van der Waals surface area (Å²) < 4.78 is 3.37. The summed E-state index contributed by atoms with van der Waals surface area (Å²) in [5.74, 6) is 7.61. The standard InChI is InChI=1S/C14H19N7S2/c1-3-4-5-12-18-19-14(21(12)15)23-9-11-8-22-13(17-11)10-6-16-20(2)7-10/h6-8H,3-5,9,15H2,1-2H3. The van der Waals surface area contributed by atoms with Crippen molar-refractivity contribution in [2.24, 2.45) is 7.05 Å². The fourth-order valence-corrected chi connectivity index (χ4v) is 3.76. The highest BCUT2D eigenvalue weighted by atomic mass is 32.2. The molecule has 3 aromatic heterocycles. The molecular formula is C14H19N7S2. The Morgan fingerprint density at radius 1 is 1.35 bits per heavy atom. The molecule has 7 nitrogen and oxygen atoms in total. The number of nitrogen functional groups attached to an aromatic ring is 1. The molecule has 3 rings (SSSR count). The summed E-state index contributed by atoms with van der Waals surface area (Å²) in [5.41, 5.74) is 2.05. The van der Waals surface area contributed by atoms with Gasteiger partial charge in [0.15, 0.2) is 5.82 Å². The van der Waals surface area contributed by atoms with Crippen molar-refractivity contribution >= 4 is 23.1 Å². The quantitative estimate of drug-likeness (QED) is 0.521. The van der Waals surface area contributed by atoms with Crippen molar-refractivity contribution in [3.05, 3.63) is 29.3 Å². The second kappa shape index (κ2) is 7.14. The van der Waals surface area contributed by atoms with E-state index in [0.29, 0.717) is 0 Å². The first-order chi connectivity index (χ1) is 11.2. The summed E-state index contributed by atoms with van der Waals surface area (Å²) in [4.78, 5) is 4.64. The Hall–Kier alpha value is -1.87. The van der Waals surface area contributed by atoms with Crippen LogP contribution in [0.3, 0.4) is 0 Å². The van der Waals surface area contributed by atoms with Crippen molar-refractivity contribution in [1.82, 2.24) is 29.6 Å². The smallest absolute Gasteiger partial charge is 0.210 e. The first-order valence-corrected chi connectivity index (χ1v) is 9.29. The van der Waals surface area contributed by atoms with Gasteiger partial charge in [0.2, 0.25) is 5.16 Å². The molecule has 0 amide bonds. The van der Waals surface area contributed by atoms with Crippen LogP contribution < -0.4 is 5.84 Å². The first kappa shape index (κ1) is 16.0. The third-order valence-electron chi connectivity index (χ3n) is 3.34. The third-order valence-corrected chi connectivity index (χ3v) is 5.26. The Bertz CT molecular complexity index is 774. The van der Waals surface area contributed by atoms with Crippen LogP contribution in [0.1, 0.15) is 31.3 Å². The lowest BCUT2D eigenvalue weighted by molar-refractivity contribution is 0.712. The van der Waals surface area contributed by atoms with Crippen molar-refractivity contribution < 1.29 is 0 Å². The highest BCUT2D eigenvalue weighted by Gasteiger charge is 2.12. The van der Waals surface area contributed by atoms with Crippen molar-refractivity contribution in [3.63, 3.8) is 0 Å². The zero-order valence-electron chi connectivity index (χ0n) is 13.1. The molecule has 3 aromatic rings. The number of hydrogen-bond donors (Lipinski definition) is 1. The van der Waals surface area contributed by atoms with Gasteiger partial charge in [-0.2, -0.15) is 5.10 Å². The minimum absolute atomic E-state index is 0.722. The Balaban J connectivity index is 1.63. The lowest BCUT2D eigenvalue weighted by Gasteiger charge is -2.02. The molecule has 0 spiro atoms. The maximum atomic E-state index is 6.05. The van der Waals surface area contributed by atoms with E-state index in [4.69, 9.17) is 5.84 Å². The van der Waals surface area contributed by atoms with Crippen LogP contribution in [0.4, 0.5) is 0 Å². The Morgan fingerprint density at radius 3 is 2.96 bits per heavy atom. The monoisotopic (exact) mass is 349 g/mol. The third kappa shape index (κ3) is 3.73. The van der Waals surface area contributed by atoms with E-state index in [0.717, 1.165) is 52.3 Å². The zero-order valence-corrected chi connectivity index (χ0v) is 14.8. The van der Waals surface area contributed by atoms with E-state index in [2.05, 4.69) is 32.6 Å². The van der Waals surface area contributed by atoms with Gasteiger partial charge in [0.1, 0.15) is 5.01 Å². The second-order valence-corrected chi connectivity index (χ2v) is 7.01. The fraction of sp³-hybridized carbons (Fsp3) is 0.429. The van der Waals surface area contributed by atoms with Gasteiger partial charge in [-0.15, -0.1) is 21.5 Å². The highest BCUT2D eigenvalue weighted by molar-refractivity contribution is 7.98. The number of thiazole rings is 1. The number of aryl methyl sites for hydroxylation is 2. The van der Waals surface area contributed by atoms with Gasteiger partial charge in [0, 0.05) is 36.4 Å². The molecule has 0 aromatic carbocycles. The number of nitrogens with zero attached hydrogens (tertiary/aromatic N) is 6. The van der Waals surface area contributed by atoms with Crippen LogP contribution in [0.25, 0.3) is 10.6 Å². The lowest BCUT2D eigenvalue weighted by atomic mass is 10.2. The molecule has 0 saturated carbocycles. The molecule has 0 atom stereocenters. The van der Waals surface area contributed by atoms with Crippen LogP contribution >= 0.6 is 23.1 Å². The van der Waals surface area contributed by atoms with Crippen molar-refractivity contribution in [1.29, 1.82) is 0 Å².